The molecule has 1 heterocycles. The number of hydrogen-bond donors (Lipinski definition) is 1. The second-order valence-corrected chi connectivity index (χ2v) is 7.83. The van der Waals surface area contributed by atoms with Gasteiger partial charge in [0.05, 0.1) is 0 Å². The van der Waals surface area contributed by atoms with Crippen molar-refractivity contribution in [3.63, 3.8) is 0 Å². The van der Waals surface area contributed by atoms with Crippen LogP contribution in [0.4, 0.5) is 5.69 Å². The first kappa shape index (κ1) is 20.1. The standard InChI is InChI=1S/C22H25N3O2S/c1-15(2)17-6-8-18(9-7-17)22-24-21(27-25-22)13-12-20(26)23-19-10-4-16(5-11-19)14-28-3/h4-11,15H,12-14H2,1-3H3,(H,23,26). The lowest BCUT2D eigenvalue weighted by Crippen LogP contribution is -2.12. The van der Waals surface area contributed by atoms with Crippen molar-refractivity contribution < 1.29 is 9.32 Å². The van der Waals surface area contributed by atoms with Gasteiger partial charge in [-0.15, -0.1) is 0 Å². The van der Waals surface area contributed by atoms with E-state index in [1.165, 1.54) is 11.1 Å². The zero-order valence-corrected chi connectivity index (χ0v) is 17.3. The third kappa shape index (κ3) is 5.45. The third-order valence-corrected chi connectivity index (χ3v) is 5.04. The summed E-state index contributed by atoms with van der Waals surface area (Å²) in [6.45, 7) is 4.32. The van der Waals surface area contributed by atoms with E-state index in [1.54, 1.807) is 11.8 Å². The third-order valence-electron chi connectivity index (χ3n) is 4.42. The second-order valence-electron chi connectivity index (χ2n) is 6.97. The molecule has 6 heteroatoms. The highest BCUT2D eigenvalue weighted by atomic mass is 32.2. The Labute approximate surface area is 169 Å². The molecule has 146 valence electrons. The summed E-state index contributed by atoms with van der Waals surface area (Å²) in [5.74, 6) is 2.39. The molecule has 1 amide bonds. The predicted octanol–water partition coefficient (Wildman–Crippen LogP) is 5.29. The van der Waals surface area contributed by atoms with Crippen LogP contribution in [0.15, 0.2) is 53.1 Å². The van der Waals surface area contributed by atoms with Crippen molar-refractivity contribution >= 4 is 23.4 Å². The fourth-order valence-electron chi connectivity index (χ4n) is 2.79. The number of aromatic nitrogens is 2. The summed E-state index contributed by atoms with van der Waals surface area (Å²) in [4.78, 5) is 16.6. The van der Waals surface area contributed by atoms with E-state index in [4.69, 9.17) is 4.52 Å². The monoisotopic (exact) mass is 395 g/mol. The first-order valence-corrected chi connectivity index (χ1v) is 10.7. The van der Waals surface area contributed by atoms with E-state index >= 15 is 0 Å². The van der Waals surface area contributed by atoms with Crippen molar-refractivity contribution in [1.29, 1.82) is 0 Å². The maximum Gasteiger partial charge on any atom is 0.227 e. The number of nitrogens with zero attached hydrogens (tertiary/aromatic N) is 2. The van der Waals surface area contributed by atoms with E-state index in [9.17, 15) is 4.79 Å². The number of carbonyl (C=O) groups is 1. The maximum absolute atomic E-state index is 12.2. The molecule has 0 radical (unpaired) electrons. The minimum atomic E-state index is -0.0707. The minimum Gasteiger partial charge on any atom is -0.339 e. The van der Waals surface area contributed by atoms with E-state index < -0.39 is 0 Å². The lowest BCUT2D eigenvalue weighted by atomic mass is 10.0. The number of nitrogens with one attached hydrogen (secondary N) is 1. The Balaban J connectivity index is 1.52. The number of anilines is 1. The summed E-state index contributed by atoms with van der Waals surface area (Å²) in [5, 5.41) is 6.93. The molecular weight excluding hydrogens is 370 g/mol. The molecule has 0 aliphatic carbocycles. The van der Waals surface area contributed by atoms with Crippen LogP contribution in [-0.4, -0.2) is 22.3 Å². The van der Waals surface area contributed by atoms with E-state index in [0.29, 0.717) is 30.5 Å². The Morgan fingerprint density at radius 3 is 2.46 bits per heavy atom. The van der Waals surface area contributed by atoms with Gasteiger partial charge in [0, 0.05) is 29.8 Å². The summed E-state index contributed by atoms with van der Waals surface area (Å²) in [6.07, 6.45) is 2.77. The van der Waals surface area contributed by atoms with Gasteiger partial charge in [0.15, 0.2) is 0 Å². The molecule has 0 aliphatic heterocycles. The van der Waals surface area contributed by atoms with Crippen molar-refractivity contribution in [3.8, 4) is 11.4 Å². The Hall–Kier alpha value is -2.60. The van der Waals surface area contributed by atoms with Gasteiger partial charge >= 0.3 is 0 Å². The lowest BCUT2D eigenvalue weighted by Gasteiger charge is -2.05. The molecule has 0 aliphatic rings. The van der Waals surface area contributed by atoms with Gasteiger partial charge < -0.3 is 9.84 Å². The van der Waals surface area contributed by atoms with Gasteiger partial charge in [0.2, 0.25) is 17.6 Å². The quantitative estimate of drug-likeness (QED) is 0.561. The highest BCUT2D eigenvalue weighted by molar-refractivity contribution is 7.97. The van der Waals surface area contributed by atoms with Gasteiger partial charge in [-0.1, -0.05) is 55.4 Å². The molecule has 0 atom stereocenters. The van der Waals surface area contributed by atoms with Crippen molar-refractivity contribution in [2.75, 3.05) is 11.6 Å². The molecule has 0 spiro atoms. The summed E-state index contributed by atoms with van der Waals surface area (Å²) in [5.41, 5.74) is 4.22. The highest BCUT2D eigenvalue weighted by Gasteiger charge is 2.11. The molecule has 3 rings (SSSR count). The van der Waals surface area contributed by atoms with Crippen molar-refractivity contribution in [1.82, 2.24) is 10.1 Å². The van der Waals surface area contributed by atoms with Gasteiger partial charge in [-0.3, -0.25) is 4.79 Å². The number of hydrogen-bond acceptors (Lipinski definition) is 5. The number of rotatable bonds is 8. The SMILES string of the molecule is CSCc1ccc(NC(=O)CCc2nc(-c3ccc(C(C)C)cc3)no2)cc1. The van der Waals surface area contributed by atoms with Gasteiger partial charge in [-0.25, -0.2) is 0 Å². The maximum atomic E-state index is 12.2. The molecule has 3 aromatic rings. The molecule has 0 saturated heterocycles. The van der Waals surface area contributed by atoms with Crippen LogP contribution in [-0.2, 0) is 17.0 Å². The number of carbonyl (C=O) groups excluding carboxylic acids is 1. The zero-order chi connectivity index (χ0) is 19.9. The van der Waals surface area contributed by atoms with Gasteiger partial charge in [0.1, 0.15) is 0 Å². The minimum absolute atomic E-state index is 0.0707. The first-order chi connectivity index (χ1) is 13.5. The van der Waals surface area contributed by atoms with Crippen molar-refractivity contribution in [2.24, 2.45) is 0 Å². The molecular formula is C22H25N3O2S. The van der Waals surface area contributed by atoms with Crippen LogP contribution in [0.5, 0.6) is 0 Å². The number of benzene rings is 2. The van der Waals surface area contributed by atoms with E-state index in [0.717, 1.165) is 17.0 Å². The Kier molecular flexibility index (Phi) is 6.87. The predicted molar refractivity (Wildman–Crippen MR) is 114 cm³/mol. The highest BCUT2D eigenvalue weighted by Crippen LogP contribution is 2.21. The molecule has 0 saturated carbocycles. The molecule has 1 N–H and O–H groups in total. The fraction of sp³-hybridized carbons (Fsp3) is 0.318. The summed E-state index contributed by atoms with van der Waals surface area (Å²) in [7, 11) is 0. The lowest BCUT2D eigenvalue weighted by molar-refractivity contribution is -0.116. The average Bonchev–Trinajstić information content (AvgIpc) is 3.17. The van der Waals surface area contributed by atoms with Gasteiger partial charge in [0.25, 0.3) is 0 Å². The summed E-state index contributed by atoms with van der Waals surface area (Å²) >= 11 is 1.77. The molecule has 2 aromatic carbocycles. The second kappa shape index (κ2) is 9.55. The summed E-state index contributed by atoms with van der Waals surface area (Å²) < 4.78 is 5.30. The van der Waals surface area contributed by atoms with E-state index in [-0.39, 0.29) is 5.91 Å². The largest absolute Gasteiger partial charge is 0.339 e. The zero-order valence-electron chi connectivity index (χ0n) is 16.4. The molecule has 28 heavy (non-hydrogen) atoms. The van der Waals surface area contributed by atoms with Crippen molar-refractivity contribution in [3.05, 3.63) is 65.5 Å². The summed E-state index contributed by atoms with van der Waals surface area (Å²) in [6, 6.07) is 16.1. The Morgan fingerprint density at radius 1 is 1.11 bits per heavy atom. The van der Waals surface area contributed by atoms with Crippen molar-refractivity contribution in [2.45, 2.75) is 38.4 Å². The van der Waals surface area contributed by atoms with Crippen LogP contribution in [0, 0.1) is 0 Å². The van der Waals surface area contributed by atoms with Crippen LogP contribution < -0.4 is 5.32 Å². The Morgan fingerprint density at radius 2 is 1.82 bits per heavy atom. The van der Waals surface area contributed by atoms with Gasteiger partial charge in [-0.2, -0.15) is 16.7 Å². The van der Waals surface area contributed by atoms with Crippen LogP contribution in [0.25, 0.3) is 11.4 Å². The fourth-order valence-corrected chi connectivity index (χ4v) is 3.31. The topological polar surface area (TPSA) is 68.0 Å². The first-order valence-electron chi connectivity index (χ1n) is 9.36. The van der Waals surface area contributed by atoms with E-state index in [2.05, 4.69) is 47.7 Å². The van der Waals surface area contributed by atoms with Crippen LogP contribution in [0.2, 0.25) is 0 Å². The van der Waals surface area contributed by atoms with E-state index in [1.807, 2.05) is 36.4 Å². The smallest absolute Gasteiger partial charge is 0.227 e. The Bertz CT molecular complexity index is 902. The average molecular weight is 396 g/mol. The molecule has 0 unspecified atom stereocenters. The van der Waals surface area contributed by atoms with Gasteiger partial charge in [-0.05, 0) is 35.4 Å². The van der Waals surface area contributed by atoms with Crippen LogP contribution in [0.3, 0.4) is 0 Å². The van der Waals surface area contributed by atoms with Crippen LogP contribution >= 0.6 is 11.8 Å². The van der Waals surface area contributed by atoms with Crippen LogP contribution in [0.1, 0.15) is 43.2 Å². The molecule has 5 nitrogen and oxygen atoms in total. The molecule has 0 fully saturated rings. The molecule has 1 aromatic heterocycles. The normalized spacial score (nSPS) is 11.0. The molecule has 0 bridgehead atoms. The number of thioether (sulfide) groups is 1. The number of amides is 1. The number of aryl methyl sites for hydroxylation is 1.